The molecule has 0 aliphatic heterocycles. The van der Waals surface area contributed by atoms with E-state index in [9.17, 15) is 14.4 Å². The Balaban J connectivity index is 1.83. The summed E-state index contributed by atoms with van der Waals surface area (Å²) in [5.74, 6) is -0.364. The first kappa shape index (κ1) is 18.7. The van der Waals surface area contributed by atoms with E-state index in [0.29, 0.717) is 11.3 Å². The molecule has 7 heteroatoms. The average molecular weight is 401 g/mol. The Bertz CT molecular complexity index is 1080. The number of halogens is 3. The molecule has 0 saturated heterocycles. The van der Waals surface area contributed by atoms with Crippen molar-refractivity contribution < 1.29 is 13.6 Å². The maximum atomic E-state index is 13.3. The van der Waals surface area contributed by atoms with Crippen molar-refractivity contribution in [2.75, 3.05) is 5.32 Å². The van der Waals surface area contributed by atoms with Gasteiger partial charge in [0.25, 0.3) is 5.91 Å². The van der Waals surface area contributed by atoms with Crippen LogP contribution < -0.4 is 5.32 Å². The lowest BCUT2D eigenvalue weighted by Gasteiger charge is -2.07. The monoisotopic (exact) mass is 400 g/mol. The quantitative estimate of drug-likeness (QED) is 0.435. The molecule has 0 aliphatic rings. The minimum Gasteiger partial charge on any atom is -0.457 e. The van der Waals surface area contributed by atoms with E-state index < -0.39 is 11.7 Å². The predicted molar refractivity (Wildman–Crippen MR) is 103 cm³/mol. The summed E-state index contributed by atoms with van der Waals surface area (Å²) >= 11 is 11.9. The van der Waals surface area contributed by atoms with E-state index in [0.717, 1.165) is 0 Å². The summed E-state index contributed by atoms with van der Waals surface area (Å²) in [4.78, 5) is 12.3. The van der Waals surface area contributed by atoms with Gasteiger partial charge in [0.1, 0.15) is 29.0 Å². The molecule has 1 aromatic heterocycles. The highest BCUT2D eigenvalue weighted by molar-refractivity contribution is 6.44. The summed E-state index contributed by atoms with van der Waals surface area (Å²) in [5, 5.41) is 12.3. The zero-order valence-corrected chi connectivity index (χ0v) is 15.2. The largest absolute Gasteiger partial charge is 0.457 e. The Morgan fingerprint density at radius 1 is 1.15 bits per heavy atom. The summed E-state index contributed by atoms with van der Waals surface area (Å²) in [6.45, 7) is 0. The van der Waals surface area contributed by atoms with Gasteiger partial charge in [-0.2, -0.15) is 5.26 Å². The zero-order chi connectivity index (χ0) is 19.4. The smallest absolute Gasteiger partial charge is 0.266 e. The number of rotatable bonds is 4. The molecule has 1 amide bonds. The third-order valence-corrected chi connectivity index (χ3v) is 4.41. The van der Waals surface area contributed by atoms with Crippen LogP contribution in [0.1, 0.15) is 5.76 Å². The molecule has 134 valence electrons. The second-order valence-corrected chi connectivity index (χ2v) is 6.22. The second-order valence-electron chi connectivity index (χ2n) is 5.44. The van der Waals surface area contributed by atoms with Gasteiger partial charge < -0.3 is 9.73 Å². The van der Waals surface area contributed by atoms with E-state index in [4.69, 9.17) is 27.6 Å². The van der Waals surface area contributed by atoms with E-state index in [1.807, 2.05) is 6.07 Å². The first-order chi connectivity index (χ1) is 13.0. The van der Waals surface area contributed by atoms with Crippen molar-refractivity contribution in [3.05, 3.63) is 81.8 Å². The molecule has 0 radical (unpaired) electrons. The Morgan fingerprint density at radius 2 is 1.93 bits per heavy atom. The van der Waals surface area contributed by atoms with Crippen LogP contribution in [0.3, 0.4) is 0 Å². The third kappa shape index (κ3) is 4.37. The summed E-state index contributed by atoms with van der Waals surface area (Å²) in [7, 11) is 0. The van der Waals surface area contributed by atoms with Crippen molar-refractivity contribution in [2.24, 2.45) is 0 Å². The molecule has 1 heterocycles. The average Bonchev–Trinajstić information content (AvgIpc) is 3.12. The Kier molecular flexibility index (Phi) is 5.60. The molecule has 0 saturated carbocycles. The number of nitrogens with zero attached hydrogens (tertiary/aromatic N) is 1. The predicted octanol–water partition coefficient (Wildman–Crippen LogP) is 5.94. The van der Waals surface area contributed by atoms with Crippen LogP contribution in [0.15, 0.2) is 64.6 Å². The molecule has 0 unspecified atom stereocenters. The van der Waals surface area contributed by atoms with Crippen LogP contribution >= 0.6 is 23.2 Å². The zero-order valence-electron chi connectivity index (χ0n) is 13.7. The topological polar surface area (TPSA) is 66.0 Å². The maximum Gasteiger partial charge on any atom is 0.266 e. The normalized spacial score (nSPS) is 11.1. The Morgan fingerprint density at radius 3 is 2.67 bits per heavy atom. The molecule has 3 rings (SSSR count). The van der Waals surface area contributed by atoms with Gasteiger partial charge in [0.05, 0.1) is 15.7 Å². The van der Waals surface area contributed by atoms with Gasteiger partial charge in [0.15, 0.2) is 0 Å². The summed E-state index contributed by atoms with van der Waals surface area (Å²) in [6.07, 6.45) is 1.29. The number of furan rings is 1. The minimum atomic E-state index is -0.662. The van der Waals surface area contributed by atoms with Crippen molar-refractivity contribution in [3.8, 4) is 17.4 Å². The van der Waals surface area contributed by atoms with Gasteiger partial charge >= 0.3 is 0 Å². The van der Waals surface area contributed by atoms with Crippen LogP contribution in [0, 0.1) is 17.1 Å². The first-order valence-corrected chi connectivity index (χ1v) is 8.46. The van der Waals surface area contributed by atoms with Crippen LogP contribution in [-0.2, 0) is 4.79 Å². The summed E-state index contributed by atoms with van der Waals surface area (Å²) in [5.41, 5.74) is 0.643. The highest BCUT2D eigenvalue weighted by atomic mass is 35.5. The molecule has 0 bridgehead atoms. The van der Waals surface area contributed by atoms with Crippen molar-refractivity contribution in [1.82, 2.24) is 0 Å². The van der Waals surface area contributed by atoms with Crippen molar-refractivity contribution in [3.63, 3.8) is 0 Å². The number of nitriles is 1. The minimum absolute atomic E-state index is 0.177. The molecular formula is C20H11Cl2FN2O2. The van der Waals surface area contributed by atoms with Gasteiger partial charge in [0, 0.05) is 11.6 Å². The van der Waals surface area contributed by atoms with Crippen LogP contribution in [0.2, 0.25) is 10.0 Å². The number of hydrogen-bond donors (Lipinski definition) is 1. The van der Waals surface area contributed by atoms with E-state index in [-0.39, 0.29) is 27.1 Å². The van der Waals surface area contributed by atoms with Gasteiger partial charge in [-0.05, 0) is 36.4 Å². The van der Waals surface area contributed by atoms with Crippen LogP contribution in [0.25, 0.3) is 17.4 Å². The fourth-order valence-corrected chi connectivity index (χ4v) is 2.66. The van der Waals surface area contributed by atoms with Crippen molar-refractivity contribution in [2.45, 2.75) is 0 Å². The molecular weight excluding hydrogens is 390 g/mol. The lowest BCUT2D eigenvalue weighted by atomic mass is 10.2. The van der Waals surface area contributed by atoms with E-state index >= 15 is 0 Å². The highest BCUT2D eigenvalue weighted by Crippen LogP contribution is 2.30. The summed E-state index contributed by atoms with van der Waals surface area (Å²) < 4.78 is 18.9. The molecule has 27 heavy (non-hydrogen) atoms. The number of hydrogen-bond acceptors (Lipinski definition) is 3. The molecule has 0 atom stereocenters. The molecule has 0 spiro atoms. The van der Waals surface area contributed by atoms with Gasteiger partial charge in [-0.15, -0.1) is 0 Å². The van der Waals surface area contributed by atoms with Gasteiger partial charge in [0.2, 0.25) is 0 Å². The van der Waals surface area contributed by atoms with Gasteiger partial charge in [-0.25, -0.2) is 4.39 Å². The number of anilines is 1. The fourth-order valence-electron chi connectivity index (χ4n) is 2.31. The third-order valence-electron chi connectivity index (χ3n) is 3.59. The number of amides is 1. The molecule has 3 aromatic rings. The van der Waals surface area contributed by atoms with Gasteiger partial charge in [-0.3, -0.25) is 4.79 Å². The molecule has 0 fully saturated rings. The molecule has 0 aliphatic carbocycles. The van der Waals surface area contributed by atoms with E-state index in [1.165, 1.54) is 18.2 Å². The standard InChI is InChI=1S/C20H11Cl2FN2O2/c21-16-5-2-6-17(19(16)22)25-20(26)13(11-24)10-15-7-8-18(27-15)12-3-1-4-14(23)9-12/h1-10H,(H,25,26)/b13-10+. The van der Waals surface area contributed by atoms with Crippen molar-refractivity contribution in [1.29, 1.82) is 5.26 Å². The highest BCUT2D eigenvalue weighted by Gasteiger charge is 2.14. The first-order valence-electron chi connectivity index (χ1n) is 7.71. The molecule has 1 N–H and O–H groups in total. The van der Waals surface area contributed by atoms with Gasteiger partial charge in [-0.1, -0.05) is 41.4 Å². The maximum absolute atomic E-state index is 13.3. The number of nitrogens with one attached hydrogen (secondary N) is 1. The fraction of sp³-hybridized carbons (Fsp3) is 0. The number of carbonyl (C=O) groups excluding carboxylic acids is 1. The Labute approximate surface area is 164 Å². The van der Waals surface area contributed by atoms with E-state index in [2.05, 4.69) is 5.32 Å². The molecule has 2 aromatic carbocycles. The summed E-state index contributed by atoms with van der Waals surface area (Å²) in [6, 6.07) is 15.7. The molecule has 4 nitrogen and oxygen atoms in total. The van der Waals surface area contributed by atoms with Crippen LogP contribution in [-0.4, -0.2) is 5.91 Å². The Hall–Kier alpha value is -3.07. The number of benzene rings is 2. The number of carbonyl (C=O) groups is 1. The SMILES string of the molecule is N#C/C(=C\c1ccc(-c2cccc(F)c2)o1)C(=O)Nc1cccc(Cl)c1Cl. The van der Waals surface area contributed by atoms with Crippen LogP contribution in [0.4, 0.5) is 10.1 Å². The van der Waals surface area contributed by atoms with Crippen LogP contribution in [0.5, 0.6) is 0 Å². The lowest BCUT2D eigenvalue weighted by molar-refractivity contribution is -0.112. The van der Waals surface area contributed by atoms with E-state index in [1.54, 1.807) is 42.5 Å². The van der Waals surface area contributed by atoms with Crippen molar-refractivity contribution >= 4 is 40.9 Å². The lowest BCUT2D eigenvalue weighted by Crippen LogP contribution is -2.13. The second kappa shape index (κ2) is 8.09.